The number of aryl methyl sites for hydroxylation is 4. The molecule has 4 aromatic rings. The third-order valence-electron chi connectivity index (χ3n) is 12.2. The van der Waals surface area contributed by atoms with Gasteiger partial charge >= 0.3 is 315 Å². The van der Waals surface area contributed by atoms with Crippen LogP contribution < -0.4 is 0 Å². The van der Waals surface area contributed by atoms with E-state index in [4.69, 9.17) is 17.0 Å². The van der Waals surface area contributed by atoms with Gasteiger partial charge in [-0.05, 0) is 0 Å². The number of hydrogen-bond acceptors (Lipinski definition) is 0. The minimum absolute atomic E-state index is 0.120. The van der Waals surface area contributed by atoms with Crippen LogP contribution in [0.2, 0.25) is 13.1 Å². The molecule has 0 bridgehead atoms. The Morgan fingerprint density at radius 1 is 0.580 bits per heavy atom. The van der Waals surface area contributed by atoms with E-state index in [-0.39, 0.29) is 7.25 Å². The maximum atomic E-state index is 8.89. The summed E-state index contributed by atoms with van der Waals surface area (Å²) >= 11 is -4.91. The first-order chi connectivity index (χ1) is 24.0. The molecule has 263 valence electrons. The molecular formula is C46H57Cl2SiZr. The average Bonchev–Trinajstić information content (AvgIpc) is 3.69. The topological polar surface area (TPSA) is 0 Å². The number of halogens is 2. The van der Waals surface area contributed by atoms with Crippen molar-refractivity contribution in [3.8, 4) is 22.3 Å². The van der Waals surface area contributed by atoms with Gasteiger partial charge in [0.1, 0.15) is 0 Å². The van der Waals surface area contributed by atoms with E-state index in [1.165, 1.54) is 77.9 Å². The molecule has 0 aliphatic heterocycles. The van der Waals surface area contributed by atoms with Crippen molar-refractivity contribution in [2.45, 2.75) is 113 Å². The number of fused-ring (bicyclic) bond motifs is 2. The van der Waals surface area contributed by atoms with Crippen LogP contribution in [-0.2, 0) is 28.4 Å². The van der Waals surface area contributed by atoms with Gasteiger partial charge in [-0.3, -0.25) is 0 Å². The fraction of sp³-hybridized carbons (Fsp3) is 0.391. The fourth-order valence-corrected chi connectivity index (χ4v) is 40.9. The summed E-state index contributed by atoms with van der Waals surface area (Å²) < 4.78 is 0.240. The molecule has 0 spiro atoms. The minimum atomic E-state index is -4.91. The zero-order valence-corrected chi connectivity index (χ0v) is 36.9. The molecule has 4 heteroatoms. The summed E-state index contributed by atoms with van der Waals surface area (Å²) in [6.45, 7) is 18.7. The van der Waals surface area contributed by atoms with Crippen LogP contribution in [0.5, 0.6) is 0 Å². The Morgan fingerprint density at radius 3 is 1.34 bits per heavy atom. The van der Waals surface area contributed by atoms with Gasteiger partial charge in [-0.25, -0.2) is 0 Å². The molecule has 0 heterocycles. The molecule has 0 saturated heterocycles. The van der Waals surface area contributed by atoms with Crippen LogP contribution in [-0.4, -0.2) is 5.92 Å². The van der Waals surface area contributed by atoms with E-state index in [9.17, 15) is 0 Å². The second kappa shape index (κ2) is 15.2. The molecule has 2 atom stereocenters. The first-order valence-electron chi connectivity index (χ1n) is 19.4. The molecule has 0 radical (unpaired) electrons. The summed E-state index contributed by atoms with van der Waals surface area (Å²) in [5, 5.41) is 0. The monoisotopic (exact) mass is 797 g/mol. The van der Waals surface area contributed by atoms with Crippen LogP contribution in [0.25, 0.3) is 34.4 Å². The molecule has 2 unspecified atom stereocenters. The third-order valence-corrected chi connectivity index (χ3v) is 64.0. The summed E-state index contributed by atoms with van der Waals surface area (Å²) in [6, 6.07) is 27.6. The van der Waals surface area contributed by atoms with Gasteiger partial charge < -0.3 is 0 Å². The summed E-state index contributed by atoms with van der Waals surface area (Å²) in [7, 11) is 17.8. The molecular weight excluding hydrogens is 743 g/mol. The van der Waals surface area contributed by atoms with Crippen molar-refractivity contribution in [1.82, 2.24) is 0 Å². The van der Waals surface area contributed by atoms with Gasteiger partial charge in [-0.1, -0.05) is 0 Å². The standard InChI is InChI=1S/2C22H25.C2H7Si.2ClH.Zr/c2*1-4-6-9-17-14-19-13-12-16(3)22(21(19)15-17)20-11-8-7-10-18(20)5-2;1-3-2;;;/h2*7-8,10-15H,4-6,9H2,1-3H3;3H,1-2H3;2*1H;/q;;;;;+2/p-2. The summed E-state index contributed by atoms with van der Waals surface area (Å²) in [4.78, 5) is 0. The molecule has 50 heavy (non-hydrogen) atoms. The van der Waals surface area contributed by atoms with Crippen molar-refractivity contribution in [1.29, 1.82) is 0 Å². The molecule has 6 rings (SSSR count). The van der Waals surface area contributed by atoms with Gasteiger partial charge in [0.25, 0.3) is 0 Å². The summed E-state index contributed by atoms with van der Waals surface area (Å²) in [5.41, 5.74) is 19.6. The van der Waals surface area contributed by atoms with E-state index in [2.05, 4.69) is 140 Å². The van der Waals surface area contributed by atoms with E-state index in [1.54, 1.807) is 0 Å². The van der Waals surface area contributed by atoms with Crippen LogP contribution in [0, 0.1) is 13.8 Å². The molecule has 0 fully saturated rings. The quantitative estimate of drug-likeness (QED) is 0.118. The zero-order chi connectivity index (χ0) is 35.8. The van der Waals surface area contributed by atoms with E-state index < -0.39 is 21.5 Å². The molecule has 2 aliphatic rings. The van der Waals surface area contributed by atoms with Crippen molar-refractivity contribution in [2.24, 2.45) is 0 Å². The van der Waals surface area contributed by atoms with Crippen molar-refractivity contribution in [3.05, 3.63) is 128 Å². The Labute approximate surface area is 312 Å². The molecule has 0 amide bonds. The first kappa shape index (κ1) is 37.8. The van der Waals surface area contributed by atoms with Crippen LogP contribution in [0.4, 0.5) is 0 Å². The van der Waals surface area contributed by atoms with Crippen LogP contribution in [0.15, 0.2) is 83.9 Å². The molecule has 0 nitrogen and oxygen atoms in total. The van der Waals surface area contributed by atoms with Crippen molar-refractivity contribution in [2.75, 3.05) is 0 Å². The Morgan fingerprint density at radius 2 is 0.980 bits per heavy atom. The molecule has 0 aromatic heterocycles. The number of allylic oxidation sites excluding steroid dienone is 2. The van der Waals surface area contributed by atoms with Crippen LogP contribution in [0.1, 0.15) is 118 Å². The van der Waals surface area contributed by atoms with Gasteiger partial charge in [-0.15, -0.1) is 0 Å². The first-order valence-corrected chi connectivity index (χ1v) is 35.7. The van der Waals surface area contributed by atoms with E-state index in [1.807, 2.05) is 0 Å². The third kappa shape index (κ3) is 6.27. The van der Waals surface area contributed by atoms with E-state index >= 15 is 0 Å². The second-order valence-corrected chi connectivity index (χ2v) is 57.9. The fourth-order valence-electron chi connectivity index (χ4n) is 9.43. The molecule has 4 aromatic carbocycles. The Hall–Kier alpha value is -1.96. The molecule has 2 aliphatic carbocycles. The summed E-state index contributed by atoms with van der Waals surface area (Å²) in [5.74, 6) is -1.66. The van der Waals surface area contributed by atoms with Gasteiger partial charge in [0.2, 0.25) is 0 Å². The Bertz CT molecular complexity index is 1830. The van der Waals surface area contributed by atoms with Gasteiger partial charge in [-0.2, -0.15) is 0 Å². The molecule has 0 saturated carbocycles. The van der Waals surface area contributed by atoms with Crippen molar-refractivity contribution in [3.63, 3.8) is 0 Å². The van der Waals surface area contributed by atoms with Crippen LogP contribution in [0.3, 0.4) is 0 Å². The van der Waals surface area contributed by atoms with Crippen molar-refractivity contribution >= 4 is 35.1 Å². The normalized spacial score (nSPS) is 17.7. The predicted octanol–water partition coefficient (Wildman–Crippen LogP) is 14.7. The Balaban J connectivity index is 1.65. The predicted molar refractivity (Wildman–Crippen MR) is 223 cm³/mol. The average molecular weight is 800 g/mol. The van der Waals surface area contributed by atoms with E-state index in [0.717, 1.165) is 51.4 Å². The van der Waals surface area contributed by atoms with Crippen LogP contribution >= 0.6 is 17.0 Å². The number of rotatable bonds is 13. The SMILES string of the molecule is CCCCC1=Cc2c(ccc(C)c2-c2ccccc2CC)[CH]1[Zr]([Cl])([Cl])([CH]1C(CCCC)=Cc2c1ccc(C)c2-c1ccccc1CC)[SiH](C)C. The number of hydrogen-bond donors (Lipinski definition) is 0. The van der Waals surface area contributed by atoms with Gasteiger partial charge in [0, 0.05) is 0 Å². The number of benzene rings is 4. The second-order valence-electron chi connectivity index (χ2n) is 15.4. The maximum absolute atomic E-state index is 8.89. The van der Waals surface area contributed by atoms with Gasteiger partial charge in [0.15, 0.2) is 0 Å². The zero-order valence-electron chi connectivity index (χ0n) is 31.7. The summed E-state index contributed by atoms with van der Waals surface area (Å²) in [6.07, 6.45) is 13.9. The van der Waals surface area contributed by atoms with Gasteiger partial charge in [0.05, 0.1) is 0 Å². The van der Waals surface area contributed by atoms with Crippen molar-refractivity contribution < 1.29 is 15.6 Å². The number of unbranched alkanes of at least 4 members (excludes halogenated alkanes) is 2. The Kier molecular flexibility index (Phi) is 11.5. The molecule has 0 N–H and O–H groups in total. The van der Waals surface area contributed by atoms with E-state index in [0.29, 0.717) is 0 Å².